The van der Waals surface area contributed by atoms with Crippen LogP contribution in [0.1, 0.15) is 58.3 Å². The third kappa shape index (κ3) is 6.73. The molecule has 1 N–H and O–H groups in total. The van der Waals surface area contributed by atoms with E-state index < -0.39 is 0 Å². The molecule has 2 rings (SSSR count). The van der Waals surface area contributed by atoms with Crippen LogP contribution in [0, 0.1) is 0 Å². The van der Waals surface area contributed by atoms with Gasteiger partial charge in [-0.1, -0.05) is 12.8 Å². The van der Waals surface area contributed by atoms with Crippen LogP contribution in [0.3, 0.4) is 0 Å². The number of nitrogens with zero attached hydrogens (tertiary/aromatic N) is 1. The Labute approximate surface area is 119 Å². The maximum atomic E-state index is 5.75. The van der Waals surface area contributed by atoms with Crippen molar-refractivity contribution in [3.8, 4) is 0 Å². The minimum atomic E-state index is 0.501. The molecule has 3 heteroatoms. The molecule has 1 saturated carbocycles. The molecule has 0 amide bonds. The maximum absolute atomic E-state index is 5.75. The lowest BCUT2D eigenvalue weighted by molar-refractivity contribution is 0.00558. The molecular formula is C16H32N2O. The SMILES string of the molecule is CCOC1CCCN(CCCCCCNC2CC2)C1. The largest absolute Gasteiger partial charge is 0.377 e. The lowest BCUT2D eigenvalue weighted by Crippen LogP contribution is -2.40. The molecule has 1 heterocycles. The van der Waals surface area contributed by atoms with Crippen molar-refractivity contribution >= 4 is 0 Å². The summed E-state index contributed by atoms with van der Waals surface area (Å²) in [6.45, 7) is 7.94. The van der Waals surface area contributed by atoms with E-state index in [2.05, 4.69) is 17.1 Å². The van der Waals surface area contributed by atoms with Crippen LogP contribution in [0.15, 0.2) is 0 Å². The summed E-state index contributed by atoms with van der Waals surface area (Å²) in [4.78, 5) is 2.60. The van der Waals surface area contributed by atoms with E-state index in [1.54, 1.807) is 0 Å². The fourth-order valence-electron chi connectivity index (χ4n) is 3.00. The Bertz CT molecular complexity index is 229. The van der Waals surface area contributed by atoms with Gasteiger partial charge < -0.3 is 15.0 Å². The summed E-state index contributed by atoms with van der Waals surface area (Å²) in [7, 11) is 0. The van der Waals surface area contributed by atoms with Crippen molar-refractivity contribution in [3.05, 3.63) is 0 Å². The molecule has 1 atom stereocenters. The molecule has 19 heavy (non-hydrogen) atoms. The van der Waals surface area contributed by atoms with Crippen molar-refractivity contribution in [2.24, 2.45) is 0 Å². The van der Waals surface area contributed by atoms with Crippen LogP contribution in [-0.2, 0) is 4.74 Å². The van der Waals surface area contributed by atoms with Crippen molar-refractivity contribution in [1.29, 1.82) is 0 Å². The molecular weight excluding hydrogens is 236 g/mol. The van der Waals surface area contributed by atoms with Crippen LogP contribution in [0.25, 0.3) is 0 Å². The fourth-order valence-corrected chi connectivity index (χ4v) is 3.00. The van der Waals surface area contributed by atoms with Crippen molar-refractivity contribution in [3.63, 3.8) is 0 Å². The van der Waals surface area contributed by atoms with Crippen molar-refractivity contribution < 1.29 is 4.74 Å². The van der Waals surface area contributed by atoms with Gasteiger partial charge in [-0.3, -0.25) is 0 Å². The van der Waals surface area contributed by atoms with E-state index >= 15 is 0 Å². The highest BCUT2D eigenvalue weighted by Crippen LogP contribution is 2.18. The first-order valence-corrected chi connectivity index (χ1v) is 8.46. The number of hydrogen-bond donors (Lipinski definition) is 1. The smallest absolute Gasteiger partial charge is 0.0702 e. The van der Waals surface area contributed by atoms with Gasteiger partial charge >= 0.3 is 0 Å². The van der Waals surface area contributed by atoms with Crippen molar-refractivity contribution in [2.75, 3.05) is 32.8 Å². The maximum Gasteiger partial charge on any atom is 0.0702 e. The number of hydrogen-bond acceptors (Lipinski definition) is 3. The van der Waals surface area contributed by atoms with Gasteiger partial charge in [-0.05, 0) is 65.1 Å². The second kappa shape index (κ2) is 8.93. The summed E-state index contributed by atoms with van der Waals surface area (Å²) >= 11 is 0. The summed E-state index contributed by atoms with van der Waals surface area (Å²) < 4.78 is 5.75. The van der Waals surface area contributed by atoms with Gasteiger partial charge in [-0.2, -0.15) is 0 Å². The Balaban J connectivity index is 1.41. The van der Waals surface area contributed by atoms with Crippen molar-refractivity contribution in [2.45, 2.75) is 70.4 Å². The third-order valence-electron chi connectivity index (χ3n) is 4.28. The molecule has 0 bridgehead atoms. The first-order chi connectivity index (χ1) is 9.38. The Morgan fingerprint density at radius 3 is 2.74 bits per heavy atom. The molecule has 1 aliphatic carbocycles. The zero-order chi connectivity index (χ0) is 13.3. The molecule has 1 saturated heterocycles. The molecule has 1 aliphatic heterocycles. The Hall–Kier alpha value is -0.120. The van der Waals surface area contributed by atoms with Gasteiger partial charge in [0.15, 0.2) is 0 Å². The van der Waals surface area contributed by atoms with Gasteiger partial charge in [0.1, 0.15) is 0 Å². The Morgan fingerprint density at radius 2 is 1.95 bits per heavy atom. The second-order valence-electron chi connectivity index (χ2n) is 6.16. The predicted molar refractivity (Wildman–Crippen MR) is 80.6 cm³/mol. The highest BCUT2D eigenvalue weighted by Gasteiger charge is 2.20. The molecule has 0 spiro atoms. The zero-order valence-electron chi connectivity index (χ0n) is 12.7. The number of ether oxygens (including phenoxy) is 1. The van der Waals surface area contributed by atoms with E-state index in [0.29, 0.717) is 6.10 Å². The van der Waals surface area contributed by atoms with Gasteiger partial charge in [-0.25, -0.2) is 0 Å². The van der Waals surface area contributed by atoms with Crippen LogP contribution in [0.4, 0.5) is 0 Å². The lowest BCUT2D eigenvalue weighted by Gasteiger charge is -2.32. The molecule has 0 aromatic rings. The van der Waals surface area contributed by atoms with E-state index in [9.17, 15) is 0 Å². The van der Waals surface area contributed by atoms with Crippen LogP contribution >= 0.6 is 0 Å². The highest BCUT2D eigenvalue weighted by atomic mass is 16.5. The number of rotatable bonds is 10. The normalized spacial score (nSPS) is 24.8. The Kier molecular flexibility index (Phi) is 7.18. The number of nitrogens with one attached hydrogen (secondary N) is 1. The summed E-state index contributed by atoms with van der Waals surface area (Å²) in [5.41, 5.74) is 0. The topological polar surface area (TPSA) is 24.5 Å². The first kappa shape index (κ1) is 15.3. The minimum absolute atomic E-state index is 0.501. The van der Waals surface area contributed by atoms with E-state index in [1.807, 2.05) is 0 Å². The number of piperidine rings is 1. The standard InChI is InChI=1S/C16H32N2O/c1-2-19-16-8-7-13-18(14-16)12-6-4-3-5-11-17-15-9-10-15/h15-17H,2-14H2,1H3. The quantitative estimate of drug-likeness (QED) is 0.617. The lowest BCUT2D eigenvalue weighted by atomic mass is 10.1. The average molecular weight is 268 g/mol. The number of unbranched alkanes of at least 4 members (excludes halogenated alkanes) is 3. The van der Waals surface area contributed by atoms with Gasteiger partial charge in [0.25, 0.3) is 0 Å². The second-order valence-corrected chi connectivity index (χ2v) is 6.16. The molecule has 0 aromatic carbocycles. The molecule has 1 unspecified atom stereocenters. The average Bonchev–Trinajstić information content (AvgIpc) is 3.23. The Morgan fingerprint density at radius 1 is 1.11 bits per heavy atom. The zero-order valence-corrected chi connectivity index (χ0v) is 12.7. The van der Waals surface area contributed by atoms with Crippen LogP contribution < -0.4 is 5.32 Å². The monoisotopic (exact) mass is 268 g/mol. The van der Waals surface area contributed by atoms with E-state index in [-0.39, 0.29) is 0 Å². The van der Waals surface area contributed by atoms with E-state index in [1.165, 1.54) is 71.0 Å². The minimum Gasteiger partial charge on any atom is -0.377 e. The van der Waals surface area contributed by atoms with Gasteiger partial charge in [0, 0.05) is 19.2 Å². The van der Waals surface area contributed by atoms with Crippen LogP contribution in [-0.4, -0.2) is 49.8 Å². The van der Waals surface area contributed by atoms with Gasteiger partial charge in [-0.15, -0.1) is 0 Å². The van der Waals surface area contributed by atoms with Crippen molar-refractivity contribution in [1.82, 2.24) is 10.2 Å². The third-order valence-corrected chi connectivity index (χ3v) is 4.28. The molecule has 112 valence electrons. The summed E-state index contributed by atoms with van der Waals surface area (Å²) in [5.74, 6) is 0. The predicted octanol–water partition coefficient (Wildman–Crippen LogP) is 2.80. The van der Waals surface area contributed by atoms with Crippen LogP contribution in [0.2, 0.25) is 0 Å². The van der Waals surface area contributed by atoms with Gasteiger partial charge in [0.05, 0.1) is 6.10 Å². The fraction of sp³-hybridized carbons (Fsp3) is 1.00. The summed E-state index contributed by atoms with van der Waals surface area (Å²) in [6, 6.07) is 0.879. The molecule has 2 fully saturated rings. The summed E-state index contributed by atoms with van der Waals surface area (Å²) in [5, 5.41) is 3.59. The van der Waals surface area contributed by atoms with E-state index in [4.69, 9.17) is 4.74 Å². The van der Waals surface area contributed by atoms with E-state index in [0.717, 1.165) is 19.2 Å². The van der Waals surface area contributed by atoms with Gasteiger partial charge in [0.2, 0.25) is 0 Å². The first-order valence-electron chi connectivity index (χ1n) is 8.46. The molecule has 0 aromatic heterocycles. The molecule has 2 aliphatic rings. The molecule has 0 radical (unpaired) electrons. The summed E-state index contributed by atoms with van der Waals surface area (Å²) in [6.07, 6.45) is 11.4. The highest BCUT2D eigenvalue weighted by molar-refractivity contribution is 4.80. The van der Waals surface area contributed by atoms with Crippen LogP contribution in [0.5, 0.6) is 0 Å². The number of likely N-dealkylation sites (tertiary alicyclic amines) is 1. The molecule has 3 nitrogen and oxygen atoms in total.